The summed E-state index contributed by atoms with van der Waals surface area (Å²) in [6.45, 7) is 6.64. The molecule has 148 valence electrons. The van der Waals surface area contributed by atoms with Gasteiger partial charge < -0.3 is 4.74 Å². The molecule has 1 saturated carbocycles. The molecule has 1 aliphatic rings. The summed E-state index contributed by atoms with van der Waals surface area (Å²) < 4.78 is 6.29. The van der Waals surface area contributed by atoms with E-state index in [1.54, 1.807) is 0 Å². The largest absolute Gasteiger partial charge is 0.490 e. The predicted molar refractivity (Wildman–Crippen MR) is 112 cm³/mol. The van der Waals surface area contributed by atoms with E-state index in [1.807, 2.05) is 24.5 Å². The maximum absolute atomic E-state index is 9.24. The van der Waals surface area contributed by atoms with Gasteiger partial charge in [0.05, 0.1) is 18.7 Å². The number of benzene rings is 1. The molecule has 2 aromatic rings. The molecule has 1 fully saturated rings. The highest BCUT2D eigenvalue weighted by molar-refractivity contribution is 5.27. The Hall–Kier alpha value is -2.38. The van der Waals surface area contributed by atoms with Gasteiger partial charge in [-0.2, -0.15) is 5.26 Å². The third-order valence-electron chi connectivity index (χ3n) is 5.76. The number of nitrogens with zero attached hydrogens (tertiary/aromatic N) is 3. The van der Waals surface area contributed by atoms with E-state index in [0.29, 0.717) is 24.5 Å². The summed E-state index contributed by atoms with van der Waals surface area (Å²) in [6, 6.07) is 14.7. The Bertz CT molecular complexity index is 771. The molecule has 0 aliphatic heterocycles. The molecule has 1 heterocycles. The third kappa shape index (κ3) is 6.07. The predicted octanol–water partition coefficient (Wildman–Crippen LogP) is 4.99. The molecule has 4 nitrogen and oxygen atoms in total. The van der Waals surface area contributed by atoms with Crippen LogP contribution in [0.4, 0.5) is 0 Å². The number of aromatic nitrogens is 1. The van der Waals surface area contributed by atoms with Gasteiger partial charge in [-0.1, -0.05) is 19.1 Å². The summed E-state index contributed by atoms with van der Waals surface area (Å²) in [5, 5.41) is 9.24. The van der Waals surface area contributed by atoms with Gasteiger partial charge in [-0.3, -0.25) is 9.88 Å². The normalized spacial score (nSPS) is 20.5. The highest BCUT2D eigenvalue weighted by atomic mass is 16.5. The number of pyridine rings is 1. The number of ether oxygens (including phenoxy) is 1. The quantitative estimate of drug-likeness (QED) is 0.608. The third-order valence-corrected chi connectivity index (χ3v) is 5.76. The first kappa shape index (κ1) is 20.4. The van der Waals surface area contributed by atoms with Crippen LogP contribution in [0.1, 0.15) is 43.7 Å². The summed E-state index contributed by atoms with van der Waals surface area (Å²) in [5.41, 5.74) is 2.45. The van der Waals surface area contributed by atoms with Crippen LogP contribution in [0.2, 0.25) is 0 Å². The van der Waals surface area contributed by atoms with Gasteiger partial charge in [-0.15, -0.1) is 0 Å². The zero-order valence-corrected chi connectivity index (χ0v) is 17.1. The maximum Gasteiger partial charge on any atom is 0.119 e. The summed E-state index contributed by atoms with van der Waals surface area (Å²) in [6.07, 6.45) is 8.64. The van der Waals surface area contributed by atoms with E-state index < -0.39 is 0 Å². The van der Waals surface area contributed by atoms with Gasteiger partial charge in [0, 0.05) is 25.5 Å². The Balaban J connectivity index is 1.56. The van der Waals surface area contributed by atoms with Crippen LogP contribution in [0.5, 0.6) is 5.75 Å². The van der Waals surface area contributed by atoms with Crippen molar-refractivity contribution in [3.63, 3.8) is 0 Å². The molecule has 28 heavy (non-hydrogen) atoms. The average molecular weight is 378 g/mol. The van der Waals surface area contributed by atoms with Crippen LogP contribution in [0.25, 0.3) is 0 Å². The molecule has 0 bridgehead atoms. The van der Waals surface area contributed by atoms with Gasteiger partial charge >= 0.3 is 0 Å². The number of nitriles is 1. The molecule has 0 radical (unpaired) electrons. The standard InChI is InChI=1S/C24H31N3O/c1-19-5-3-7-23(15-19)28-24-8-4-6-22(16-24)20(2)17-27(14-11-25)18-21-9-12-26-13-10-21/h3,5,7,9-10,12-13,15,20,22,24H,4,6,8,14,16-18H2,1-2H3/t20-,22+,24-/m1/s1. The molecule has 0 N–H and O–H groups in total. The number of aryl methyl sites for hydroxylation is 1. The van der Waals surface area contributed by atoms with Crippen LogP contribution in [-0.2, 0) is 6.54 Å². The molecule has 0 unspecified atom stereocenters. The lowest BCUT2D eigenvalue weighted by molar-refractivity contribution is 0.0895. The van der Waals surface area contributed by atoms with Crippen LogP contribution in [0, 0.1) is 30.1 Å². The Morgan fingerprint density at radius 1 is 1.25 bits per heavy atom. The van der Waals surface area contributed by atoms with Crippen molar-refractivity contribution < 1.29 is 4.74 Å². The second kappa shape index (κ2) is 10.2. The fourth-order valence-corrected chi connectivity index (χ4v) is 4.27. The molecule has 4 heteroatoms. The lowest BCUT2D eigenvalue weighted by atomic mass is 9.79. The van der Waals surface area contributed by atoms with Gasteiger partial charge in [0.25, 0.3) is 0 Å². The Kier molecular flexibility index (Phi) is 7.45. The van der Waals surface area contributed by atoms with Crippen LogP contribution in [-0.4, -0.2) is 29.1 Å². The summed E-state index contributed by atoms with van der Waals surface area (Å²) in [4.78, 5) is 6.34. The van der Waals surface area contributed by atoms with Crippen LogP contribution >= 0.6 is 0 Å². The molecule has 3 rings (SSSR count). The van der Waals surface area contributed by atoms with Crippen molar-refractivity contribution in [3.05, 3.63) is 59.9 Å². The molecular formula is C24H31N3O. The highest BCUT2D eigenvalue weighted by Crippen LogP contribution is 2.33. The summed E-state index contributed by atoms with van der Waals surface area (Å²) >= 11 is 0. The van der Waals surface area contributed by atoms with Crippen molar-refractivity contribution >= 4 is 0 Å². The van der Waals surface area contributed by atoms with Crippen LogP contribution in [0.3, 0.4) is 0 Å². The molecular weight excluding hydrogens is 346 g/mol. The minimum absolute atomic E-state index is 0.299. The molecule has 1 aliphatic carbocycles. The number of hydrogen-bond donors (Lipinski definition) is 0. The van der Waals surface area contributed by atoms with Crippen molar-refractivity contribution in [1.29, 1.82) is 5.26 Å². The first-order valence-electron chi connectivity index (χ1n) is 10.4. The fraction of sp³-hybridized carbons (Fsp3) is 0.500. The minimum atomic E-state index is 0.299. The van der Waals surface area contributed by atoms with E-state index in [1.165, 1.54) is 24.0 Å². The molecule has 0 saturated heterocycles. The SMILES string of the molecule is Cc1cccc(O[C@@H]2CCC[C@H]([C@H](C)CN(CC#N)Cc3ccncc3)C2)c1. The van der Waals surface area contributed by atoms with Crippen molar-refractivity contribution in [2.24, 2.45) is 11.8 Å². The number of hydrogen-bond acceptors (Lipinski definition) is 4. The average Bonchev–Trinajstić information content (AvgIpc) is 2.69. The van der Waals surface area contributed by atoms with Crippen molar-refractivity contribution in [2.75, 3.05) is 13.1 Å². The Labute approximate surface area is 169 Å². The van der Waals surface area contributed by atoms with E-state index in [9.17, 15) is 5.26 Å². The van der Waals surface area contributed by atoms with Gasteiger partial charge in [-0.25, -0.2) is 0 Å². The Morgan fingerprint density at radius 3 is 2.82 bits per heavy atom. The molecule has 3 atom stereocenters. The zero-order chi connectivity index (χ0) is 19.8. The second-order valence-corrected chi connectivity index (χ2v) is 8.14. The van der Waals surface area contributed by atoms with Crippen molar-refractivity contribution in [3.8, 4) is 11.8 Å². The smallest absolute Gasteiger partial charge is 0.119 e. The van der Waals surface area contributed by atoms with E-state index in [-0.39, 0.29) is 0 Å². The Morgan fingerprint density at radius 2 is 2.07 bits per heavy atom. The monoisotopic (exact) mass is 377 g/mol. The van der Waals surface area contributed by atoms with E-state index >= 15 is 0 Å². The molecule has 1 aromatic heterocycles. The molecule has 0 spiro atoms. The lowest BCUT2D eigenvalue weighted by Gasteiger charge is -2.35. The van der Waals surface area contributed by atoms with Gasteiger partial charge in [-0.05, 0) is 79.8 Å². The van der Waals surface area contributed by atoms with E-state index in [2.05, 4.69) is 54.1 Å². The van der Waals surface area contributed by atoms with Gasteiger partial charge in [0.1, 0.15) is 5.75 Å². The maximum atomic E-state index is 9.24. The fourth-order valence-electron chi connectivity index (χ4n) is 4.27. The van der Waals surface area contributed by atoms with Crippen molar-refractivity contribution in [1.82, 2.24) is 9.88 Å². The minimum Gasteiger partial charge on any atom is -0.490 e. The van der Waals surface area contributed by atoms with Gasteiger partial charge in [0.15, 0.2) is 0 Å². The van der Waals surface area contributed by atoms with Crippen molar-refractivity contribution in [2.45, 2.75) is 52.2 Å². The highest BCUT2D eigenvalue weighted by Gasteiger charge is 2.28. The summed E-state index contributed by atoms with van der Waals surface area (Å²) in [5.74, 6) is 2.17. The van der Waals surface area contributed by atoms with Gasteiger partial charge in [0.2, 0.25) is 0 Å². The molecule has 1 aromatic carbocycles. The lowest BCUT2D eigenvalue weighted by Crippen LogP contribution is -2.35. The van der Waals surface area contributed by atoms with E-state index in [0.717, 1.165) is 31.7 Å². The number of rotatable bonds is 8. The second-order valence-electron chi connectivity index (χ2n) is 8.14. The molecule has 0 amide bonds. The topological polar surface area (TPSA) is 49.1 Å². The first-order chi connectivity index (χ1) is 13.6. The first-order valence-corrected chi connectivity index (χ1v) is 10.4. The van der Waals surface area contributed by atoms with Crippen LogP contribution in [0.15, 0.2) is 48.8 Å². The zero-order valence-electron chi connectivity index (χ0n) is 17.1. The summed E-state index contributed by atoms with van der Waals surface area (Å²) in [7, 11) is 0. The van der Waals surface area contributed by atoms with Crippen LogP contribution < -0.4 is 4.74 Å². The van der Waals surface area contributed by atoms with E-state index in [4.69, 9.17) is 4.74 Å².